The number of likely N-dealkylation sites (tertiary alicyclic amines) is 1. The molecule has 7 heteroatoms. The van der Waals surface area contributed by atoms with Crippen LogP contribution in [0.15, 0.2) is 48.5 Å². The van der Waals surface area contributed by atoms with Crippen molar-refractivity contribution in [3.8, 4) is 17.2 Å². The second-order valence-electron chi connectivity index (χ2n) is 6.20. The number of anilines is 1. The third-order valence-corrected chi connectivity index (χ3v) is 4.32. The largest absolute Gasteiger partial charge is 0.494 e. The second-order valence-corrected chi connectivity index (χ2v) is 6.20. The molecular weight excluding hydrogens is 348 g/mol. The minimum atomic E-state index is -0.871. The molecule has 3 rings (SSSR count). The smallest absolute Gasteiger partial charge is 0.321 e. The highest BCUT2D eigenvalue weighted by molar-refractivity contribution is 5.91. The van der Waals surface area contributed by atoms with Crippen LogP contribution >= 0.6 is 0 Å². The van der Waals surface area contributed by atoms with E-state index in [1.54, 1.807) is 30.3 Å². The Labute approximate surface area is 157 Å². The van der Waals surface area contributed by atoms with Gasteiger partial charge in [0.15, 0.2) is 5.75 Å². The van der Waals surface area contributed by atoms with Gasteiger partial charge in [0.2, 0.25) is 0 Å². The van der Waals surface area contributed by atoms with E-state index in [4.69, 9.17) is 14.6 Å². The van der Waals surface area contributed by atoms with Crippen LogP contribution in [0.1, 0.15) is 13.3 Å². The predicted molar refractivity (Wildman–Crippen MR) is 100 cm³/mol. The summed E-state index contributed by atoms with van der Waals surface area (Å²) in [6.45, 7) is 3.14. The summed E-state index contributed by atoms with van der Waals surface area (Å²) in [5, 5.41) is 11.9. The normalized spacial score (nSPS) is 16.0. The Morgan fingerprint density at radius 3 is 2.52 bits per heavy atom. The minimum absolute atomic E-state index is 0.211. The van der Waals surface area contributed by atoms with Gasteiger partial charge in [0.25, 0.3) is 0 Å². The zero-order valence-electron chi connectivity index (χ0n) is 15.1. The number of carbonyl (C=O) groups is 2. The Kier molecular flexibility index (Phi) is 5.80. The van der Waals surface area contributed by atoms with E-state index in [0.29, 0.717) is 36.8 Å². The zero-order valence-corrected chi connectivity index (χ0v) is 15.1. The first kappa shape index (κ1) is 18.6. The van der Waals surface area contributed by atoms with Crippen molar-refractivity contribution in [3.63, 3.8) is 0 Å². The molecule has 1 aliphatic heterocycles. The molecule has 7 nitrogen and oxygen atoms in total. The van der Waals surface area contributed by atoms with E-state index in [1.807, 2.05) is 25.1 Å². The third-order valence-electron chi connectivity index (χ3n) is 4.32. The fourth-order valence-electron chi connectivity index (χ4n) is 2.90. The van der Waals surface area contributed by atoms with Gasteiger partial charge in [-0.1, -0.05) is 12.1 Å². The van der Waals surface area contributed by atoms with E-state index in [2.05, 4.69) is 5.32 Å². The Morgan fingerprint density at radius 2 is 1.85 bits per heavy atom. The Hall–Kier alpha value is -3.22. The first-order valence-corrected chi connectivity index (χ1v) is 8.85. The molecule has 2 aromatic carbocycles. The highest BCUT2D eigenvalue weighted by Crippen LogP contribution is 2.31. The number of hydrogen-bond acceptors (Lipinski definition) is 4. The third kappa shape index (κ3) is 4.69. The minimum Gasteiger partial charge on any atom is -0.494 e. The fraction of sp³-hybridized carbons (Fsp3) is 0.300. The lowest BCUT2D eigenvalue weighted by Crippen LogP contribution is -2.33. The summed E-state index contributed by atoms with van der Waals surface area (Å²) in [7, 11) is 0. The average Bonchev–Trinajstić information content (AvgIpc) is 3.16. The molecule has 1 atom stereocenters. The van der Waals surface area contributed by atoms with Gasteiger partial charge in [-0.25, -0.2) is 4.79 Å². The van der Waals surface area contributed by atoms with Crippen LogP contribution in [-0.2, 0) is 4.79 Å². The monoisotopic (exact) mass is 370 g/mol. The summed E-state index contributed by atoms with van der Waals surface area (Å²) in [5.74, 6) is 0.500. The number of nitrogens with one attached hydrogen (secondary N) is 1. The van der Waals surface area contributed by atoms with Gasteiger partial charge >= 0.3 is 12.0 Å². The molecule has 1 saturated heterocycles. The Morgan fingerprint density at radius 1 is 1.15 bits per heavy atom. The van der Waals surface area contributed by atoms with E-state index in [9.17, 15) is 9.59 Å². The summed E-state index contributed by atoms with van der Waals surface area (Å²) in [6, 6.07) is 14.0. The maximum absolute atomic E-state index is 12.5. The van der Waals surface area contributed by atoms with E-state index in [-0.39, 0.29) is 12.6 Å². The lowest BCUT2D eigenvalue weighted by atomic mass is 10.1. The summed E-state index contributed by atoms with van der Waals surface area (Å²) >= 11 is 0. The van der Waals surface area contributed by atoms with Crippen LogP contribution in [0.4, 0.5) is 10.5 Å². The van der Waals surface area contributed by atoms with Gasteiger partial charge < -0.3 is 24.8 Å². The molecule has 0 aliphatic carbocycles. The van der Waals surface area contributed by atoms with Gasteiger partial charge in [-0.2, -0.15) is 0 Å². The number of rotatable bonds is 6. The maximum atomic E-state index is 12.5. The number of para-hydroxylation sites is 2. The van der Waals surface area contributed by atoms with Crippen molar-refractivity contribution in [3.05, 3.63) is 48.5 Å². The summed E-state index contributed by atoms with van der Waals surface area (Å²) in [5.41, 5.74) is 0.523. The highest BCUT2D eigenvalue weighted by atomic mass is 16.5. The van der Waals surface area contributed by atoms with Crippen LogP contribution in [0, 0.1) is 5.92 Å². The lowest BCUT2D eigenvalue weighted by Gasteiger charge is -2.18. The number of aliphatic carboxylic acids is 1. The standard InChI is InChI=1S/C20H22N2O5/c1-2-26-15-7-9-16(10-8-15)27-18-6-4-3-5-17(18)21-20(25)22-12-11-14(13-22)19(23)24/h3-10,14H,2,11-13H2,1H3,(H,21,25)(H,23,24). The van der Waals surface area contributed by atoms with E-state index in [0.717, 1.165) is 5.75 Å². The first-order valence-electron chi connectivity index (χ1n) is 8.85. The first-order chi connectivity index (χ1) is 13.1. The molecule has 1 unspecified atom stereocenters. The topological polar surface area (TPSA) is 88.1 Å². The van der Waals surface area contributed by atoms with Gasteiger partial charge in [0.1, 0.15) is 11.5 Å². The van der Waals surface area contributed by atoms with Crippen molar-refractivity contribution >= 4 is 17.7 Å². The second kappa shape index (κ2) is 8.44. The van der Waals surface area contributed by atoms with Crippen molar-refractivity contribution in [2.75, 3.05) is 25.0 Å². The van der Waals surface area contributed by atoms with Crippen molar-refractivity contribution in [1.29, 1.82) is 0 Å². The molecule has 0 radical (unpaired) electrons. The van der Waals surface area contributed by atoms with Gasteiger partial charge in [-0.05, 0) is 49.7 Å². The van der Waals surface area contributed by atoms with Crippen LogP contribution in [0.3, 0.4) is 0 Å². The molecule has 2 aromatic rings. The summed E-state index contributed by atoms with van der Waals surface area (Å²) in [4.78, 5) is 25.0. The molecule has 0 spiro atoms. The number of nitrogens with zero attached hydrogens (tertiary/aromatic N) is 1. The average molecular weight is 370 g/mol. The van der Waals surface area contributed by atoms with Crippen molar-refractivity contribution in [2.24, 2.45) is 5.92 Å². The molecule has 0 aromatic heterocycles. The van der Waals surface area contributed by atoms with E-state index < -0.39 is 11.9 Å². The van der Waals surface area contributed by atoms with E-state index in [1.165, 1.54) is 4.90 Å². The molecule has 2 amide bonds. The number of amides is 2. The van der Waals surface area contributed by atoms with Crippen LogP contribution in [0.25, 0.3) is 0 Å². The number of carboxylic acid groups (broad SMARTS) is 1. The van der Waals surface area contributed by atoms with Crippen molar-refractivity contribution in [2.45, 2.75) is 13.3 Å². The molecule has 0 bridgehead atoms. The van der Waals surface area contributed by atoms with Gasteiger partial charge in [0.05, 0.1) is 18.2 Å². The van der Waals surface area contributed by atoms with Gasteiger partial charge in [-0.15, -0.1) is 0 Å². The Bertz CT molecular complexity index is 806. The SMILES string of the molecule is CCOc1ccc(Oc2ccccc2NC(=O)N2CCC(C(=O)O)C2)cc1. The molecular formula is C20H22N2O5. The zero-order chi connectivity index (χ0) is 19.2. The van der Waals surface area contributed by atoms with Gasteiger partial charge in [0, 0.05) is 13.1 Å². The highest BCUT2D eigenvalue weighted by Gasteiger charge is 2.31. The number of carboxylic acids is 1. The molecule has 27 heavy (non-hydrogen) atoms. The molecule has 1 heterocycles. The molecule has 2 N–H and O–H groups in total. The quantitative estimate of drug-likeness (QED) is 0.807. The predicted octanol–water partition coefficient (Wildman–Crippen LogP) is 3.82. The Balaban J connectivity index is 1.67. The van der Waals surface area contributed by atoms with Crippen molar-refractivity contribution in [1.82, 2.24) is 4.90 Å². The van der Waals surface area contributed by atoms with Crippen LogP contribution < -0.4 is 14.8 Å². The maximum Gasteiger partial charge on any atom is 0.321 e. The van der Waals surface area contributed by atoms with Gasteiger partial charge in [-0.3, -0.25) is 4.79 Å². The summed E-state index contributed by atoms with van der Waals surface area (Å²) < 4.78 is 11.3. The lowest BCUT2D eigenvalue weighted by molar-refractivity contribution is -0.141. The molecule has 1 fully saturated rings. The number of hydrogen-bond donors (Lipinski definition) is 2. The van der Waals surface area contributed by atoms with Crippen LogP contribution in [0.5, 0.6) is 17.2 Å². The molecule has 1 aliphatic rings. The number of carbonyl (C=O) groups excluding carboxylic acids is 1. The van der Waals surface area contributed by atoms with Crippen molar-refractivity contribution < 1.29 is 24.2 Å². The van der Waals surface area contributed by atoms with E-state index >= 15 is 0 Å². The molecule has 0 saturated carbocycles. The summed E-state index contributed by atoms with van der Waals surface area (Å²) in [6.07, 6.45) is 0.465. The number of urea groups is 1. The number of benzene rings is 2. The molecule has 142 valence electrons. The number of ether oxygens (including phenoxy) is 2. The van der Waals surface area contributed by atoms with Crippen LogP contribution in [0.2, 0.25) is 0 Å². The fourth-order valence-corrected chi connectivity index (χ4v) is 2.90. The van der Waals surface area contributed by atoms with Crippen LogP contribution in [-0.4, -0.2) is 41.7 Å².